The van der Waals surface area contributed by atoms with Gasteiger partial charge in [0.25, 0.3) is 0 Å². The van der Waals surface area contributed by atoms with E-state index in [4.69, 9.17) is 17.3 Å². The minimum Gasteiger partial charge on any atom is -0.320 e. The van der Waals surface area contributed by atoms with Crippen LogP contribution in [0.15, 0.2) is 60.7 Å². The minimum absolute atomic E-state index is 0.214. The largest absolute Gasteiger partial charge is 0.320 e. The highest BCUT2D eigenvalue weighted by molar-refractivity contribution is 6.31. The summed E-state index contributed by atoms with van der Waals surface area (Å²) in [5.41, 5.74) is 9.78. The smallest absolute Gasteiger partial charge is 0.0572 e. The molecule has 0 aliphatic carbocycles. The molecule has 0 bridgehead atoms. The highest BCUT2D eigenvalue weighted by Crippen LogP contribution is 2.32. The van der Waals surface area contributed by atoms with Crippen LogP contribution in [0.4, 0.5) is 0 Å². The monoisotopic (exact) mass is 281 g/mol. The zero-order valence-electron chi connectivity index (χ0n) is 11.3. The van der Waals surface area contributed by atoms with Crippen LogP contribution in [0.5, 0.6) is 0 Å². The SMILES string of the molecule is Cc1ccc(C(N)c2ccccc2Cl)c2ccccc12. The van der Waals surface area contributed by atoms with Crippen LogP contribution < -0.4 is 5.73 Å². The third kappa shape index (κ3) is 2.20. The Labute approximate surface area is 124 Å². The molecule has 2 N–H and O–H groups in total. The molecule has 0 aliphatic heterocycles. The molecule has 3 aromatic carbocycles. The van der Waals surface area contributed by atoms with Gasteiger partial charge in [0.15, 0.2) is 0 Å². The van der Waals surface area contributed by atoms with Crippen molar-refractivity contribution < 1.29 is 0 Å². The van der Waals surface area contributed by atoms with Crippen LogP contribution in [0, 0.1) is 6.92 Å². The molecule has 0 amide bonds. The van der Waals surface area contributed by atoms with E-state index in [9.17, 15) is 0 Å². The van der Waals surface area contributed by atoms with Crippen LogP contribution in [-0.4, -0.2) is 0 Å². The minimum atomic E-state index is -0.214. The van der Waals surface area contributed by atoms with E-state index in [0.717, 1.165) is 11.1 Å². The first-order valence-electron chi connectivity index (χ1n) is 6.67. The van der Waals surface area contributed by atoms with Crippen molar-refractivity contribution in [2.45, 2.75) is 13.0 Å². The Morgan fingerprint density at radius 2 is 1.45 bits per heavy atom. The van der Waals surface area contributed by atoms with E-state index in [0.29, 0.717) is 5.02 Å². The van der Waals surface area contributed by atoms with Crippen LogP contribution in [-0.2, 0) is 0 Å². The second kappa shape index (κ2) is 5.28. The van der Waals surface area contributed by atoms with Crippen molar-refractivity contribution in [2.24, 2.45) is 5.73 Å². The lowest BCUT2D eigenvalue weighted by atomic mass is 9.92. The molecule has 0 saturated carbocycles. The molecule has 0 heterocycles. The summed E-state index contributed by atoms with van der Waals surface area (Å²) in [6, 6.07) is 20.1. The molecule has 3 aromatic rings. The Morgan fingerprint density at radius 1 is 0.800 bits per heavy atom. The van der Waals surface area contributed by atoms with E-state index in [-0.39, 0.29) is 6.04 Å². The molecule has 0 fully saturated rings. The van der Waals surface area contributed by atoms with Crippen molar-refractivity contribution >= 4 is 22.4 Å². The molecule has 3 rings (SSSR count). The molecule has 0 aromatic heterocycles. The predicted molar refractivity (Wildman–Crippen MR) is 86.2 cm³/mol. The van der Waals surface area contributed by atoms with Gasteiger partial charge in [-0.3, -0.25) is 0 Å². The van der Waals surface area contributed by atoms with Crippen LogP contribution >= 0.6 is 11.6 Å². The van der Waals surface area contributed by atoms with Crippen molar-refractivity contribution in [2.75, 3.05) is 0 Å². The second-order valence-electron chi connectivity index (χ2n) is 5.02. The zero-order valence-corrected chi connectivity index (χ0v) is 12.1. The number of aryl methyl sites for hydroxylation is 1. The van der Waals surface area contributed by atoms with Crippen LogP contribution in [0.1, 0.15) is 22.7 Å². The van der Waals surface area contributed by atoms with Crippen LogP contribution in [0.25, 0.3) is 10.8 Å². The topological polar surface area (TPSA) is 26.0 Å². The third-order valence-corrected chi connectivity index (χ3v) is 4.10. The Hall–Kier alpha value is -1.83. The van der Waals surface area contributed by atoms with Crippen LogP contribution in [0.3, 0.4) is 0 Å². The molecule has 20 heavy (non-hydrogen) atoms. The van der Waals surface area contributed by atoms with Gasteiger partial charge in [-0.25, -0.2) is 0 Å². The third-order valence-electron chi connectivity index (χ3n) is 3.75. The Morgan fingerprint density at radius 3 is 2.20 bits per heavy atom. The first-order valence-corrected chi connectivity index (χ1v) is 7.04. The fraction of sp³-hybridized carbons (Fsp3) is 0.111. The average Bonchev–Trinajstić information content (AvgIpc) is 2.48. The molecule has 2 heteroatoms. The summed E-state index contributed by atoms with van der Waals surface area (Å²) in [5, 5.41) is 3.15. The fourth-order valence-corrected chi connectivity index (χ4v) is 2.89. The normalized spacial score (nSPS) is 12.6. The van der Waals surface area contributed by atoms with Gasteiger partial charge < -0.3 is 5.73 Å². The lowest BCUT2D eigenvalue weighted by Crippen LogP contribution is -2.13. The Bertz CT molecular complexity index is 764. The number of fused-ring (bicyclic) bond motifs is 1. The standard InChI is InChI=1S/C18H16ClN/c1-12-10-11-15(14-7-3-2-6-13(12)14)18(20)16-8-4-5-9-17(16)19/h2-11,18H,20H2,1H3. The van der Waals surface area contributed by atoms with Gasteiger partial charge in [-0.1, -0.05) is 66.2 Å². The summed E-state index contributed by atoms with van der Waals surface area (Å²) in [6.45, 7) is 2.12. The van der Waals surface area contributed by atoms with Gasteiger partial charge in [0.2, 0.25) is 0 Å². The van der Waals surface area contributed by atoms with E-state index >= 15 is 0 Å². The second-order valence-corrected chi connectivity index (χ2v) is 5.42. The number of nitrogens with two attached hydrogens (primary N) is 1. The van der Waals surface area contributed by atoms with Gasteiger partial charge in [-0.15, -0.1) is 0 Å². The maximum atomic E-state index is 6.45. The Balaban J connectivity index is 2.20. The molecular formula is C18H16ClN. The van der Waals surface area contributed by atoms with Crippen molar-refractivity contribution in [1.82, 2.24) is 0 Å². The van der Waals surface area contributed by atoms with Gasteiger partial charge in [0, 0.05) is 5.02 Å². The van der Waals surface area contributed by atoms with E-state index in [1.807, 2.05) is 30.3 Å². The lowest BCUT2D eigenvalue weighted by molar-refractivity contribution is 0.880. The van der Waals surface area contributed by atoms with Crippen molar-refractivity contribution in [3.63, 3.8) is 0 Å². The lowest BCUT2D eigenvalue weighted by Gasteiger charge is -2.17. The number of benzene rings is 3. The highest BCUT2D eigenvalue weighted by Gasteiger charge is 2.15. The first-order chi connectivity index (χ1) is 9.68. The summed E-state index contributed by atoms with van der Waals surface area (Å²) in [5.74, 6) is 0. The van der Waals surface area contributed by atoms with Gasteiger partial charge >= 0.3 is 0 Å². The van der Waals surface area contributed by atoms with Gasteiger partial charge in [-0.2, -0.15) is 0 Å². The Kier molecular flexibility index (Phi) is 3.47. The number of hydrogen-bond acceptors (Lipinski definition) is 1. The average molecular weight is 282 g/mol. The first kappa shape index (κ1) is 13.2. The summed E-state index contributed by atoms with van der Waals surface area (Å²) in [4.78, 5) is 0. The van der Waals surface area contributed by atoms with E-state index < -0.39 is 0 Å². The summed E-state index contributed by atoms with van der Waals surface area (Å²) >= 11 is 6.27. The van der Waals surface area contributed by atoms with E-state index in [2.05, 4.69) is 37.3 Å². The van der Waals surface area contributed by atoms with Crippen LogP contribution in [0.2, 0.25) is 5.02 Å². The maximum Gasteiger partial charge on any atom is 0.0572 e. The number of hydrogen-bond donors (Lipinski definition) is 1. The molecular weight excluding hydrogens is 266 g/mol. The van der Waals surface area contributed by atoms with Crippen molar-refractivity contribution in [3.8, 4) is 0 Å². The summed E-state index contributed by atoms with van der Waals surface area (Å²) < 4.78 is 0. The van der Waals surface area contributed by atoms with Gasteiger partial charge in [-0.05, 0) is 40.5 Å². The number of rotatable bonds is 2. The predicted octanol–water partition coefficient (Wildman–Crippen LogP) is 4.85. The zero-order chi connectivity index (χ0) is 14.1. The van der Waals surface area contributed by atoms with E-state index in [1.165, 1.54) is 16.3 Å². The van der Waals surface area contributed by atoms with E-state index in [1.54, 1.807) is 0 Å². The molecule has 1 atom stereocenters. The highest BCUT2D eigenvalue weighted by atomic mass is 35.5. The molecule has 0 saturated heterocycles. The summed E-state index contributed by atoms with van der Waals surface area (Å²) in [7, 11) is 0. The molecule has 1 unspecified atom stereocenters. The number of halogens is 1. The van der Waals surface area contributed by atoms with Gasteiger partial charge in [0.05, 0.1) is 6.04 Å². The van der Waals surface area contributed by atoms with Gasteiger partial charge in [0.1, 0.15) is 0 Å². The van der Waals surface area contributed by atoms with Crippen molar-refractivity contribution in [1.29, 1.82) is 0 Å². The quantitative estimate of drug-likeness (QED) is 0.714. The molecule has 0 radical (unpaired) electrons. The fourth-order valence-electron chi connectivity index (χ4n) is 2.64. The molecule has 1 nitrogen and oxygen atoms in total. The molecule has 100 valence electrons. The summed E-state index contributed by atoms with van der Waals surface area (Å²) in [6.07, 6.45) is 0. The molecule has 0 aliphatic rings. The molecule has 0 spiro atoms. The van der Waals surface area contributed by atoms with Crippen molar-refractivity contribution in [3.05, 3.63) is 82.4 Å². The maximum absolute atomic E-state index is 6.45.